The Morgan fingerprint density at radius 3 is 2.82 bits per heavy atom. The van der Waals surface area contributed by atoms with Crippen LogP contribution in [0.5, 0.6) is 0 Å². The van der Waals surface area contributed by atoms with E-state index in [1.807, 2.05) is 11.6 Å². The van der Waals surface area contributed by atoms with Crippen LogP contribution in [-0.2, 0) is 6.54 Å². The van der Waals surface area contributed by atoms with Crippen LogP contribution in [0, 0.1) is 5.92 Å². The fourth-order valence-corrected chi connectivity index (χ4v) is 2.97. The molecule has 3 nitrogen and oxygen atoms in total. The highest BCUT2D eigenvalue weighted by Crippen LogP contribution is 2.22. The summed E-state index contributed by atoms with van der Waals surface area (Å²) in [4.78, 5) is 6.75. The largest absolute Gasteiger partial charge is 0.326 e. The molecule has 1 saturated heterocycles. The van der Waals surface area contributed by atoms with E-state index in [0.717, 1.165) is 19.6 Å². The zero-order chi connectivity index (χ0) is 10.7. The van der Waals surface area contributed by atoms with Crippen molar-refractivity contribution in [2.24, 2.45) is 11.7 Å². The normalized spacial score (nSPS) is 24.1. The van der Waals surface area contributed by atoms with Gasteiger partial charge < -0.3 is 5.73 Å². The molecule has 1 aromatic heterocycles. The molecule has 0 spiro atoms. The van der Waals surface area contributed by atoms with Crippen LogP contribution in [0.3, 0.4) is 0 Å². The summed E-state index contributed by atoms with van der Waals surface area (Å²) < 4.78 is 0. The third-order valence-corrected chi connectivity index (χ3v) is 3.83. The first kappa shape index (κ1) is 17.1. The number of hydrogen-bond donors (Lipinski definition) is 1. The van der Waals surface area contributed by atoms with E-state index in [1.54, 1.807) is 11.3 Å². The molecule has 0 saturated carbocycles. The number of thiazole rings is 1. The van der Waals surface area contributed by atoms with Crippen LogP contribution in [0.4, 0.5) is 0 Å². The van der Waals surface area contributed by atoms with Gasteiger partial charge in [0.2, 0.25) is 0 Å². The van der Waals surface area contributed by atoms with Gasteiger partial charge in [-0.25, -0.2) is 4.98 Å². The monoisotopic (exact) mass is 297 g/mol. The molecule has 100 valence electrons. The molecule has 1 aliphatic rings. The van der Waals surface area contributed by atoms with Gasteiger partial charge in [-0.05, 0) is 12.3 Å². The lowest BCUT2D eigenvalue weighted by atomic mass is 9.99. The molecule has 2 N–H and O–H groups in total. The van der Waals surface area contributed by atoms with E-state index < -0.39 is 0 Å². The van der Waals surface area contributed by atoms with Gasteiger partial charge in [-0.3, -0.25) is 4.90 Å². The molecule has 0 unspecified atom stereocenters. The van der Waals surface area contributed by atoms with Crippen LogP contribution >= 0.6 is 36.2 Å². The molecule has 1 fully saturated rings. The molecule has 0 aliphatic carbocycles. The third kappa shape index (κ3) is 4.72. The summed E-state index contributed by atoms with van der Waals surface area (Å²) in [6, 6.07) is 0.366. The van der Waals surface area contributed by atoms with Gasteiger partial charge in [0.25, 0.3) is 0 Å². The first-order chi connectivity index (χ1) is 7.29. The average Bonchev–Trinajstić information content (AvgIpc) is 2.79. The Kier molecular flexibility index (Phi) is 8.33. The predicted octanol–water partition coefficient (Wildman–Crippen LogP) is 2.55. The van der Waals surface area contributed by atoms with Gasteiger partial charge in [0.15, 0.2) is 0 Å². The van der Waals surface area contributed by atoms with E-state index in [2.05, 4.69) is 16.8 Å². The molecule has 2 atom stereocenters. The molecule has 2 rings (SSSR count). The van der Waals surface area contributed by atoms with Crippen LogP contribution in [0.25, 0.3) is 0 Å². The molecule has 0 aromatic carbocycles. The van der Waals surface area contributed by atoms with Crippen molar-refractivity contribution in [3.63, 3.8) is 0 Å². The first-order valence-electron chi connectivity index (χ1n) is 5.66. The van der Waals surface area contributed by atoms with Gasteiger partial charge in [0, 0.05) is 30.7 Å². The lowest BCUT2D eigenvalue weighted by Gasteiger charge is -2.13. The highest BCUT2D eigenvalue weighted by atomic mass is 35.5. The van der Waals surface area contributed by atoms with Gasteiger partial charge in [0.05, 0.1) is 6.54 Å². The van der Waals surface area contributed by atoms with Crippen molar-refractivity contribution in [1.82, 2.24) is 9.88 Å². The molecule has 2 heterocycles. The fourth-order valence-electron chi connectivity index (χ4n) is 2.32. The Morgan fingerprint density at radius 1 is 1.47 bits per heavy atom. The summed E-state index contributed by atoms with van der Waals surface area (Å²) >= 11 is 1.73. The van der Waals surface area contributed by atoms with Crippen molar-refractivity contribution in [3.8, 4) is 0 Å². The van der Waals surface area contributed by atoms with Gasteiger partial charge in [-0.1, -0.05) is 13.3 Å². The summed E-state index contributed by atoms with van der Waals surface area (Å²) in [6.07, 6.45) is 4.37. The van der Waals surface area contributed by atoms with E-state index in [4.69, 9.17) is 5.73 Å². The quantitative estimate of drug-likeness (QED) is 0.929. The molecule has 0 amide bonds. The Morgan fingerprint density at radius 2 is 2.24 bits per heavy atom. The Balaban J connectivity index is 0.00000128. The zero-order valence-electron chi connectivity index (χ0n) is 10.0. The van der Waals surface area contributed by atoms with Crippen LogP contribution in [0.1, 0.15) is 24.8 Å². The molecule has 6 heteroatoms. The minimum Gasteiger partial charge on any atom is -0.326 e. The third-order valence-electron chi connectivity index (χ3n) is 3.07. The second-order valence-corrected chi connectivity index (χ2v) is 5.31. The second kappa shape index (κ2) is 8.27. The van der Waals surface area contributed by atoms with E-state index in [-0.39, 0.29) is 24.8 Å². The van der Waals surface area contributed by atoms with Gasteiger partial charge in [0.1, 0.15) is 5.01 Å². The number of nitrogens with zero attached hydrogens (tertiary/aromatic N) is 2. The number of aromatic nitrogens is 1. The number of nitrogens with two attached hydrogens (primary N) is 1. The van der Waals surface area contributed by atoms with Crippen LogP contribution < -0.4 is 5.73 Å². The summed E-state index contributed by atoms with van der Waals surface area (Å²) in [6.45, 7) is 5.39. The lowest BCUT2D eigenvalue weighted by molar-refractivity contribution is 0.312. The average molecular weight is 298 g/mol. The van der Waals surface area contributed by atoms with E-state index in [1.165, 1.54) is 17.8 Å². The van der Waals surface area contributed by atoms with Crippen molar-refractivity contribution < 1.29 is 0 Å². The molecular weight excluding hydrogens is 277 g/mol. The summed E-state index contributed by atoms with van der Waals surface area (Å²) in [5.74, 6) is 0.690. The topological polar surface area (TPSA) is 42.2 Å². The van der Waals surface area contributed by atoms with Crippen molar-refractivity contribution in [2.45, 2.75) is 32.4 Å². The summed E-state index contributed by atoms with van der Waals surface area (Å²) in [5.41, 5.74) is 6.13. The van der Waals surface area contributed by atoms with Crippen molar-refractivity contribution in [2.75, 3.05) is 13.1 Å². The molecule has 1 aliphatic heterocycles. The number of hydrogen-bond acceptors (Lipinski definition) is 4. The maximum absolute atomic E-state index is 6.13. The number of halogens is 2. The second-order valence-electron chi connectivity index (χ2n) is 4.33. The SMILES string of the molecule is CCC[C@H]1CN(Cc2nccs2)C[C@@H]1N.Cl.Cl. The van der Waals surface area contributed by atoms with Crippen molar-refractivity contribution in [1.29, 1.82) is 0 Å². The molecule has 0 bridgehead atoms. The first-order valence-corrected chi connectivity index (χ1v) is 6.54. The summed E-state index contributed by atoms with van der Waals surface area (Å²) in [5, 5.41) is 3.24. The molecule has 1 aromatic rings. The Labute approximate surface area is 120 Å². The minimum atomic E-state index is 0. The van der Waals surface area contributed by atoms with Crippen LogP contribution in [0.15, 0.2) is 11.6 Å². The van der Waals surface area contributed by atoms with E-state index in [9.17, 15) is 0 Å². The van der Waals surface area contributed by atoms with Crippen molar-refractivity contribution >= 4 is 36.2 Å². The highest BCUT2D eigenvalue weighted by molar-refractivity contribution is 7.09. The molecule has 17 heavy (non-hydrogen) atoms. The van der Waals surface area contributed by atoms with E-state index >= 15 is 0 Å². The van der Waals surface area contributed by atoms with Crippen LogP contribution in [-0.4, -0.2) is 29.0 Å². The van der Waals surface area contributed by atoms with Gasteiger partial charge in [-0.15, -0.1) is 36.2 Å². The zero-order valence-corrected chi connectivity index (χ0v) is 12.5. The lowest BCUT2D eigenvalue weighted by Crippen LogP contribution is -2.29. The maximum Gasteiger partial charge on any atom is 0.107 e. The smallest absolute Gasteiger partial charge is 0.107 e. The maximum atomic E-state index is 6.13. The summed E-state index contributed by atoms with van der Waals surface area (Å²) in [7, 11) is 0. The standard InChI is InChI=1S/C11H19N3S.2ClH/c1-2-3-9-6-14(7-10(9)12)8-11-13-4-5-15-11;;/h4-5,9-10H,2-3,6-8,12H2,1H3;2*1H/t9-,10-;;/m0../s1. The van der Waals surface area contributed by atoms with Crippen molar-refractivity contribution in [3.05, 3.63) is 16.6 Å². The fraction of sp³-hybridized carbons (Fsp3) is 0.727. The molecular formula is C11H21Cl2N3S. The molecule has 0 radical (unpaired) electrons. The van der Waals surface area contributed by atoms with Gasteiger partial charge in [-0.2, -0.15) is 0 Å². The Bertz CT molecular complexity index is 295. The van der Waals surface area contributed by atoms with E-state index in [0.29, 0.717) is 12.0 Å². The highest BCUT2D eigenvalue weighted by Gasteiger charge is 2.29. The number of likely N-dealkylation sites (tertiary alicyclic amines) is 1. The minimum absolute atomic E-state index is 0. The Hall–Kier alpha value is 0.130. The van der Waals surface area contributed by atoms with Crippen LogP contribution in [0.2, 0.25) is 0 Å². The predicted molar refractivity (Wildman–Crippen MR) is 78.3 cm³/mol. The van der Waals surface area contributed by atoms with Gasteiger partial charge >= 0.3 is 0 Å². The number of rotatable bonds is 4.